The first-order valence-electron chi connectivity index (χ1n) is 6.04. The molecule has 0 bridgehead atoms. The van der Waals surface area contributed by atoms with Crippen LogP contribution in [-0.2, 0) is 4.79 Å². The van der Waals surface area contributed by atoms with Gasteiger partial charge in [-0.1, -0.05) is 0 Å². The van der Waals surface area contributed by atoms with E-state index in [0.717, 1.165) is 31.6 Å². The summed E-state index contributed by atoms with van der Waals surface area (Å²) < 4.78 is 1.91. The van der Waals surface area contributed by atoms with Gasteiger partial charge in [-0.25, -0.2) is 0 Å². The molecule has 1 aromatic heterocycles. The van der Waals surface area contributed by atoms with Crippen LogP contribution in [-0.4, -0.2) is 45.9 Å². The first kappa shape index (κ1) is 12.1. The lowest BCUT2D eigenvalue weighted by Gasteiger charge is -2.30. The molecule has 1 aliphatic heterocycles. The third-order valence-electron chi connectivity index (χ3n) is 3.55. The molecule has 0 amide bonds. The number of nitrogens with zero attached hydrogens (tertiary/aromatic N) is 3. The van der Waals surface area contributed by atoms with Gasteiger partial charge in [0, 0.05) is 6.20 Å². The maximum absolute atomic E-state index is 11.0. The van der Waals surface area contributed by atoms with E-state index in [-0.39, 0.29) is 0 Å². The van der Waals surface area contributed by atoms with Crippen molar-refractivity contribution in [3.63, 3.8) is 0 Å². The minimum atomic E-state index is -0.792. The van der Waals surface area contributed by atoms with E-state index < -0.39 is 11.9 Å². The molecule has 0 aromatic carbocycles. The first-order valence-corrected chi connectivity index (χ1v) is 6.04. The van der Waals surface area contributed by atoms with Crippen LogP contribution in [0.4, 0.5) is 0 Å². The Labute approximate surface area is 101 Å². The maximum atomic E-state index is 11.0. The number of hydrogen-bond donors (Lipinski definition) is 1. The summed E-state index contributed by atoms with van der Waals surface area (Å²) in [6, 6.07) is 2.16. The molecule has 1 unspecified atom stereocenters. The fourth-order valence-electron chi connectivity index (χ4n) is 2.34. The fourth-order valence-corrected chi connectivity index (χ4v) is 2.34. The van der Waals surface area contributed by atoms with Gasteiger partial charge in [-0.2, -0.15) is 5.10 Å². The molecule has 1 aliphatic rings. The fraction of sp³-hybridized carbons (Fsp3) is 0.667. The van der Waals surface area contributed by atoms with Crippen LogP contribution in [0.25, 0.3) is 0 Å². The second kappa shape index (κ2) is 4.87. The highest BCUT2D eigenvalue weighted by atomic mass is 16.4. The van der Waals surface area contributed by atoms with E-state index >= 15 is 0 Å². The number of rotatable bonds is 3. The van der Waals surface area contributed by atoms with E-state index in [1.54, 1.807) is 13.1 Å². The van der Waals surface area contributed by atoms with Crippen LogP contribution in [0.15, 0.2) is 12.3 Å². The summed E-state index contributed by atoms with van der Waals surface area (Å²) >= 11 is 0. The van der Waals surface area contributed by atoms with Gasteiger partial charge in [-0.05, 0) is 46.0 Å². The molecule has 94 valence electrons. The molecule has 1 fully saturated rings. The van der Waals surface area contributed by atoms with Crippen molar-refractivity contribution < 1.29 is 9.90 Å². The lowest BCUT2D eigenvalue weighted by atomic mass is 10.0. The third kappa shape index (κ3) is 2.49. The van der Waals surface area contributed by atoms with Crippen molar-refractivity contribution in [1.82, 2.24) is 14.7 Å². The molecule has 1 aromatic rings. The van der Waals surface area contributed by atoms with Crippen molar-refractivity contribution in [2.75, 3.05) is 20.1 Å². The zero-order valence-electron chi connectivity index (χ0n) is 10.3. The number of carboxylic acids is 1. The van der Waals surface area contributed by atoms with Crippen LogP contribution in [0.3, 0.4) is 0 Å². The Kier molecular flexibility index (Phi) is 3.47. The van der Waals surface area contributed by atoms with Crippen LogP contribution >= 0.6 is 0 Å². The Bertz CT molecular complexity index is 394. The Balaban J connectivity index is 2.16. The van der Waals surface area contributed by atoms with Crippen molar-refractivity contribution >= 4 is 5.97 Å². The van der Waals surface area contributed by atoms with Gasteiger partial charge in [0.25, 0.3) is 0 Å². The molecule has 5 nitrogen and oxygen atoms in total. The van der Waals surface area contributed by atoms with E-state index in [1.807, 2.05) is 10.7 Å². The van der Waals surface area contributed by atoms with Crippen molar-refractivity contribution in [2.24, 2.45) is 0 Å². The average molecular weight is 237 g/mol. The second-order valence-corrected chi connectivity index (χ2v) is 4.80. The standard InChI is InChI=1S/C12H19N3O2/c1-9(12(16)17)11-3-6-13-15(11)10-4-7-14(2)8-5-10/h3,6,9-10H,4-5,7-8H2,1-2H3,(H,16,17). The largest absolute Gasteiger partial charge is 0.481 e. The van der Waals surface area contributed by atoms with Gasteiger partial charge in [-0.15, -0.1) is 0 Å². The van der Waals surface area contributed by atoms with Crippen molar-refractivity contribution in [3.05, 3.63) is 18.0 Å². The monoisotopic (exact) mass is 237 g/mol. The summed E-state index contributed by atoms with van der Waals surface area (Å²) in [6.07, 6.45) is 3.78. The van der Waals surface area contributed by atoms with Gasteiger partial charge in [0.2, 0.25) is 0 Å². The summed E-state index contributed by atoms with van der Waals surface area (Å²) in [6.45, 7) is 3.81. The van der Waals surface area contributed by atoms with E-state index in [1.165, 1.54) is 0 Å². The number of aromatic nitrogens is 2. The van der Waals surface area contributed by atoms with Gasteiger partial charge < -0.3 is 10.0 Å². The lowest BCUT2D eigenvalue weighted by molar-refractivity contribution is -0.138. The third-order valence-corrected chi connectivity index (χ3v) is 3.55. The smallest absolute Gasteiger partial charge is 0.312 e. The summed E-state index contributed by atoms with van der Waals surface area (Å²) in [4.78, 5) is 13.3. The number of piperidine rings is 1. The van der Waals surface area contributed by atoms with Gasteiger partial charge in [0.15, 0.2) is 0 Å². The first-order chi connectivity index (χ1) is 8.09. The summed E-state index contributed by atoms with van der Waals surface area (Å²) in [7, 11) is 2.11. The van der Waals surface area contributed by atoms with Crippen LogP contribution in [0, 0.1) is 0 Å². The van der Waals surface area contributed by atoms with E-state index in [9.17, 15) is 4.79 Å². The van der Waals surface area contributed by atoms with Gasteiger partial charge >= 0.3 is 5.97 Å². The van der Waals surface area contributed by atoms with Crippen LogP contribution in [0.5, 0.6) is 0 Å². The molecule has 2 heterocycles. The minimum absolute atomic E-state index is 0.345. The Morgan fingerprint density at radius 1 is 1.53 bits per heavy atom. The highest BCUT2D eigenvalue weighted by Crippen LogP contribution is 2.25. The molecule has 0 spiro atoms. The van der Waals surface area contributed by atoms with Crippen LogP contribution < -0.4 is 0 Å². The molecule has 2 rings (SSSR count). The van der Waals surface area contributed by atoms with E-state index in [0.29, 0.717) is 6.04 Å². The molecule has 0 radical (unpaired) electrons. The number of likely N-dealkylation sites (tertiary alicyclic amines) is 1. The molecular formula is C12H19N3O2. The van der Waals surface area contributed by atoms with E-state index in [4.69, 9.17) is 5.11 Å². The molecule has 5 heteroatoms. The van der Waals surface area contributed by atoms with Crippen molar-refractivity contribution in [1.29, 1.82) is 0 Å². The van der Waals surface area contributed by atoms with Gasteiger partial charge in [0.05, 0.1) is 17.7 Å². The summed E-state index contributed by atoms with van der Waals surface area (Å²) in [5, 5.41) is 13.4. The highest BCUT2D eigenvalue weighted by molar-refractivity contribution is 5.74. The Morgan fingerprint density at radius 2 is 2.18 bits per heavy atom. The predicted octanol–water partition coefficient (Wildman–Crippen LogP) is 1.34. The van der Waals surface area contributed by atoms with Crippen LogP contribution in [0.1, 0.15) is 37.4 Å². The van der Waals surface area contributed by atoms with Crippen LogP contribution in [0.2, 0.25) is 0 Å². The normalized spacial score (nSPS) is 20.4. The predicted molar refractivity (Wildman–Crippen MR) is 64.0 cm³/mol. The minimum Gasteiger partial charge on any atom is -0.481 e. The quantitative estimate of drug-likeness (QED) is 0.861. The summed E-state index contributed by atoms with van der Waals surface area (Å²) in [5.74, 6) is -1.28. The molecular weight excluding hydrogens is 218 g/mol. The molecule has 1 saturated heterocycles. The van der Waals surface area contributed by atoms with Gasteiger partial charge in [0.1, 0.15) is 0 Å². The SMILES string of the molecule is CC(C(=O)O)c1ccnn1C1CCN(C)CC1. The van der Waals surface area contributed by atoms with Crippen molar-refractivity contribution in [2.45, 2.75) is 31.7 Å². The van der Waals surface area contributed by atoms with Crippen molar-refractivity contribution in [3.8, 4) is 0 Å². The molecule has 17 heavy (non-hydrogen) atoms. The van der Waals surface area contributed by atoms with Gasteiger partial charge in [-0.3, -0.25) is 9.48 Å². The lowest BCUT2D eigenvalue weighted by Crippen LogP contribution is -2.32. The maximum Gasteiger partial charge on any atom is 0.312 e. The summed E-state index contributed by atoms with van der Waals surface area (Å²) in [5.41, 5.74) is 0.812. The second-order valence-electron chi connectivity index (χ2n) is 4.80. The molecule has 1 N–H and O–H groups in total. The number of aliphatic carboxylic acids is 1. The zero-order chi connectivity index (χ0) is 12.4. The number of carboxylic acid groups (broad SMARTS) is 1. The molecule has 0 saturated carbocycles. The average Bonchev–Trinajstić information content (AvgIpc) is 2.77. The molecule has 1 atom stereocenters. The number of hydrogen-bond acceptors (Lipinski definition) is 3. The highest BCUT2D eigenvalue weighted by Gasteiger charge is 2.24. The van der Waals surface area contributed by atoms with E-state index in [2.05, 4.69) is 17.0 Å². The zero-order valence-corrected chi connectivity index (χ0v) is 10.3. The topological polar surface area (TPSA) is 58.4 Å². The number of carbonyl (C=O) groups is 1. The molecule has 0 aliphatic carbocycles. The Morgan fingerprint density at radius 3 is 2.76 bits per heavy atom. The Hall–Kier alpha value is -1.36.